The van der Waals surface area contributed by atoms with Crippen LogP contribution in [0.1, 0.15) is 11.6 Å². The summed E-state index contributed by atoms with van der Waals surface area (Å²) in [5.41, 5.74) is 5.47. The van der Waals surface area contributed by atoms with E-state index in [0.29, 0.717) is 0 Å². The van der Waals surface area contributed by atoms with Gasteiger partial charge in [0, 0.05) is 11.6 Å². The van der Waals surface area contributed by atoms with Crippen molar-refractivity contribution in [1.29, 1.82) is 0 Å². The highest BCUT2D eigenvalue weighted by atomic mass is 35.5. The molecule has 0 radical (unpaired) electrons. The van der Waals surface area contributed by atoms with Crippen molar-refractivity contribution < 1.29 is 14.6 Å². The number of phenols is 1. The summed E-state index contributed by atoms with van der Waals surface area (Å²) < 4.78 is 13.1. The number of nitrogens with two attached hydrogens (primary N) is 1. The molecule has 1 atom stereocenters. The van der Waals surface area contributed by atoms with Crippen molar-refractivity contribution in [2.24, 2.45) is 5.73 Å². The van der Waals surface area contributed by atoms with E-state index in [0.717, 1.165) is 6.07 Å². The smallest absolute Gasteiger partial charge is 0.137 e. The number of benzene rings is 1. The summed E-state index contributed by atoms with van der Waals surface area (Å²) in [6.07, 6.45) is 0. The van der Waals surface area contributed by atoms with Gasteiger partial charge in [-0.25, -0.2) is 4.39 Å². The second-order valence-electron chi connectivity index (χ2n) is 2.61. The van der Waals surface area contributed by atoms with Gasteiger partial charge in [-0.3, -0.25) is 0 Å². The van der Waals surface area contributed by atoms with Crippen LogP contribution >= 0.6 is 11.6 Å². The third-order valence-electron chi connectivity index (χ3n) is 1.66. The van der Waals surface area contributed by atoms with Crippen LogP contribution < -0.4 is 5.73 Å². The average molecular weight is 206 g/mol. The summed E-state index contributed by atoms with van der Waals surface area (Å²) in [5.74, 6) is -1.02. The van der Waals surface area contributed by atoms with Crippen molar-refractivity contribution in [2.45, 2.75) is 6.04 Å². The Morgan fingerprint density at radius 2 is 2.15 bits per heavy atom. The number of rotatable bonds is 2. The highest BCUT2D eigenvalue weighted by molar-refractivity contribution is 6.32. The Morgan fingerprint density at radius 1 is 1.54 bits per heavy atom. The van der Waals surface area contributed by atoms with Crippen LogP contribution in [0.3, 0.4) is 0 Å². The van der Waals surface area contributed by atoms with E-state index in [2.05, 4.69) is 0 Å². The van der Waals surface area contributed by atoms with Crippen LogP contribution in [0.2, 0.25) is 5.02 Å². The predicted molar refractivity (Wildman–Crippen MR) is 47.1 cm³/mol. The minimum Gasteiger partial charge on any atom is -0.506 e. The van der Waals surface area contributed by atoms with Crippen molar-refractivity contribution in [3.05, 3.63) is 28.5 Å². The molecule has 4 N–H and O–H groups in total. The van der Waals surface area contributed by atoms with Gasteiger partial charge in [-0.15, -0.1) is 0 Å². The van der Waals surface area contributed by atoms with Crippen molar-refractivity contribution in [2.75, 3.05) is 6.61 Å². The van der Waals surface area contributed by atoms with Crippen LogP contribution in [0.25, 0.3) is 0 Å². The fourth-order valence-corrected chi connectivity index (χ4v) is 1.11. The maximum atomic E-state index is 13.1. The molecule has 0 fully saturated rings. The van der Waals surface area contributed by atoms with Gasteiger partial charge in [0.2, 0.25) is 0 Å². The summed E-state index contributed by atoms with van der Waals surface area (Å²) in [5, 5.41) is 17.7. The molecule has 0 saturated carbocycles. The van der Waals surface area contributed by atoms with Crippen molar-refractivity contribution >= 4 is 11.6 Å². The lowest BCUT2D eigenvalue weighted by Crippen LogP contribution is -2.16. The number of halogens is 2. The molecular formula is C8H9ClFNO2. The molecule has 1 aromatic carbocycles. The number of phenolic OH excluding ortho intramolecular Hbond substituents is 1. The van der Waals surface area contributed by atoms with Gasteiger partial charge in [0.05, 0.1) is 17.7 Å². The Kier molecular flexibility index (Phi) is 3.08. The van der Waals surface area contributed by atoms with Crippen LogP contribution in [0, 0.1) is 5.82 Å². The van der Waals surface area contributed by atoms with E-state index in [1.165, 1.54) is 6.07 Å². The fourth-order valence-electron chi connectivity index (χ4n) is 0.934. The van der Waals surface area contributed by atoms with Gasteiger partial charge in [-0.2, -0.15) is 0 Å². The molecule has 0 heterocycles. The van der Waals surface area contributed by atoms with Crippen molar-refractivity contribution in [3.8, 4) is 5.75 Å². The molecule has 13 heavy (non-hydrogen) atoms. The molecule has 3 nitrogen and oxygen atoms in total. The molecular weight excluding hydrogens is 197 g/mol. The van der Waals surface area contributed by atoms with Gasteiger partial charge in [0.15, 0.2) is 0 Å². The van der Waals surface area contributed by atoms with Crippen molar-refractivity contribution in [1.82, 2.24) is 0 Å². The summed E-state index contributed by atoms with van der Waals surface area (Å²) in [6, 6.07) is 1.25. The van der Waals surface area contributed by atoms with Gasteiger partial charge in [0.1, 0.15) is 11.6 Å². The molecule has 1 aromatic rings. The minimum absolute atomic E-state index is 0.0142. The summed E-state index contributed by atoms with van der Waals surface area (Å²) >= 11 is 5.53. The summed E-state index contributed by atoms with van der Waals surface area (Å²) in [6.45, 7) is -0.377. The van der Waals surface area contributed by atoms with Gasteiger partial charge in [0.25, 0.3) is 0 Å². The highest BCUT2D eigenvalue weighted by Crippen LogP contribution is 2.28. The third-order valence-corrected chi connectivity index (χ3v) is 1.97. The molecule has 0 saturated heterocycles. The SMILES string of the molecule is NC(CO)c1cc(Cl)c(O)cc1F. The Labute approximate surface area is 79.6 Å². The monoisotopic (exact) mass is 205 g/mol. The molecule has 0 aromatic heterocycles. The Bertz CT molecular complexity index is 319. The molecule has 1 unspecified atom stereocenters. The fraction of sp³-hybridized carbons (Fsp3) is 0.250. The molecule has 0 aliphatic carbocycles. The van der Waals surface area contributed by atoms with Crippen molar-refractivity contribution in [3.63, 3.8) is 0 Å². The van der Waals surface area contributed by atoms with Gasteiger partial charge in [-0.1, -0.05) is 11.6 Å². The number of hydrogen-bond donors (Lipinski definition) is 3. The van der Waals surface area contributed by atoms with E-state index in [4.69, 9.17) is 27.5 Å². The first-order valence-corrected chi connectivity index (χ1v) is 3.98. The minimum atomic E-state index is -0.821. The Balaban J connectivity index is 3.15. The molecule has 0 bridgehead atoms. The zero-order chi connectivity index (χ0) is 10.0. The molecule has 72 valence electrons. The van der Waals surface area contributed by atoms with Crippen LogP contribution in [0.5, 0.6) is 5.75 Å². The largest absolute Gasteiger partial charge is 0.506 e. The second-order valence-corrected chi connectivity index (χ2v) is 3.02. The second kappa shape index (κ2) is 3.91. The Morgan fingerprint density at radius 3 is 2.69 bits per heavy atom. The number of aromatic hydroxyl groups is 1. The Hall–Kier alpha value is -0.840. The molecule has 0 spiro atoms. The summed E-state index contributed by atoms with van der Waals surface area (Å²) in [7, 11) is 0. The highest BCUT2D eigenvalue weighted by Gasteiger charge is 2.13. The lowest BCUT2D eigenvalue weighted by molar-refractivity contribution is 0.265. The first-order valence-electron chi connectivity index (χ1n) is 3.60. The normalized spacial score (nSPS) is 12.9. The van der Waals surface area contributed by atoms with Gasteiger partial charge < -0.3 is 15.9 Å². The number of hydrogen-bond acceptors (Lipinski definition) is 3. The van der Waals surface area contributed by atoms with E-state index < -0.39 is 11.9 Å². The lowest BCUT2D eigenvalue weighted by atomic mass is 10.1. The van der Waals surface area contributed by atoms with Crippen LogP contribution in [-0.4, -0.2) is 16.8 Å². The van der Waals surface area contributed by atoms with Crippen LogP contribution in [-0.2, 0) is 0 Å². The van der Waals surface area contributed by atoms with E-state index >= 15 is 0 Å². The molecule has 1 rings (SSSR count). The van der Waals surface area contributed by atoms with E-state index in [-0.39, 0.29) is 22.9 Å². The van der Waals surface area contributed by atoms with E-state index in [1.54, 1.807) is 0 Å². The lowest BCUT2D eigenvalue weighted by Gasteiger charge is -2.10. The number of aliphatic hydroxyl groups excluding tert-OH is 1. The van der Waals surface area contributed by atoms with E-state index in [1.807, 2.05) is 0 Å². The zero-order valence-corrected chi connectivity index (χ0v) is 7.42. The van der Waals surface area contributed by atoms with Gasteiger partial charge >= 0.3 is 0 Å². The predicted octanol–water partition coefficient (Wildman–Crippen LogP) is 1.18. The third kappa shape index (κ3) is 2.09. The topological polar surface area (TPSA) is 66.5 Å². The first-order chi connectivity index (χ1) is 6.06. The quantitative estimate of drug-likeness (QED) is 0.679. The maximum Gasteiger partial charge on any atom is 0.137 e. The molecule has 0 aliphatic rings. The summed E-state index contributed by atoms with van der Waals surface area (Å²) in [4.78, 5) is 0. The molecule has 0 amide bonds. The maximum absolute atomic E-state index is 13.1. The molecule has 5 heteroatoms. The van der Waals surface area contributed by atoms with Crippen LogP contribution in [0.4, 0.5) is 4.39 Å². The standard InChI is InChI=1S/C8H9ClFNO2/c9-5-1-4(7(11)3-12)6(10)2-8(5)13/h1-2,7,12-13H,3,11H2. The van der Waals surface area contributed by atoms with Crippen LogP contribution in [0.15, 0.2) is 12.1 Å². The zero-order valence-electron chi connectivity index (χ0n) is 6.67. The molecule has 0 aliphatic heterocycles. The first kappa shape index (κ1) is 10.2. The average Bonchev–Trinajstić information content (AvgIpc) is 2.10. The van der Waals surface area contributed by atoms with E-state index in [9.17, 15) is 4.39 Å². The number of aliphatic hydroxyl groups is 1. The van der Waals surface area contributed by atoms with Gasteiger partial charge in [-0.05, 0) is 6.07 Å².